The van der Waals surface area contributed by atoms with Gasteiger partial charge in [-0.05, 0) is 19.6 Å². The number of sulfone groups is 1. The Bertz CT molecular complexity index is 590. The summed E-state index contributed by atoms with van der Waals surface area (Å²) >= 11 is 1.35. The van der Waals surface area contributed by atoms with E-state index in [0.29, 0.717) is 23.9 Å². The predicted octanol–water partition coefficient (Wildman–Crippen LogP) is 1.22. The van der Waals surface area contributed by atoms with Crippen LogP contribution < -0.4 is 5.32 Å². The van der Waals surface area contributed by atoms with Gasteiger partial charge in [0.1, 0.15) is 21.2 Å². The summed E-state index contributed by atoms with van der Waals surface area (Å²) in [7, 11) is -2.99. The number of thioether (sulfide) groups is 1. The van der Waals surface area contributed by atoms with E-state index in [2.05, 4.69) is 15.3 Å². The second kappa shape index (κ2) is 8.18. The van der Waals surface area contributed by atoms with E-state index in [9.17, 15) is 13.2 Å². The topological polar surface area (TPSA) is 98.2 Å². The Kier molecular flexibility index (Phi) is 6.90. The van der Waals surface area contributed by atoms with Gasteiger partial charge >= 0.3 is 5.97 Å². The van der Waals surface area contributed by atoms with Crippen molar-refractivity contribution in [1.29, 1.82) is 0 Å². The van der Waals surface area contributed by atoms with E-state index in [0.717, 1.165) is 0 Å². The first kappa shape index (κ1) is 17.7. The largest absolute Gasteiger partial charge is 0.462 e. The first-order chi connectivity index (χ1) is 9.87. The maximum Gasteiger partial charge on any atom is 0.343 e. The number of nitrogens with zero attached hydrogens (tertiary/aromatic N) is 2. The van der Waals surface area contributed by atoms with Crippen LogP contribution in [0.3, 0.4) is 0 Å². The Hall–Kier alpha value is -1.35. The van der Waals surface area contributed by atoms with Gasteiger partial charge in [-0.15, -0.1) is 0 Å². The van der Waals surface area contributed by atoms with Crippen LogP contribution in [-0.4, -0.2) is 55.8 Å². The van der Waals surface area contributed by atoms with E-state index in [4.69, 9.17) is 4.74 Å². The van der Waals surface area contributed by atoms with Crippen molar-refractivity contribution in [2.24, 2.45) is 0 Å². The highest BCUT2D eigenvalue weighted by Gasteiger charge is 2.15. The quantitative estimate of drug-likeness (QED) is 0.328. The second-order valence-electron chi connectivity index (χ2n) is 4.25. The molecule has 0 unspecified atom stereocenters. The molecule has 1 N–H and O–H groups in total. The molecule has 0 aliphatic heterocycles. The van der Waals surface area contributed by atoms with E-state index < -0.39 is 15.8 Å². The summed E-state index contributed by atoms with van der Waals surface area (Å²) in [5.41, 5.74) is 0.244. The highest BCUT2D eigenvalue weighted by molar-refractivity contribution is 7.98. The summed E-state index contributed by atoms with van der Waals surface area (Å²) in [5.74, 6) is -0.0630. The normalized spacial score (nSPS) is 11.2. The minimum absolute atomic E-state index is 0.0786. The van der Waals surface area contributed by atoms with Crippen LogP contribution in [0.15, 0.2) is 11.4 Å². The molecule has 9 heteroatoms. The second-order valence-corrected chi connectivity index (χ2v) is 7.28. The number of aromatic nitrogens is 2. The van der Waals surface area contributed by atoms with Crippen molar-refractivity contribution in [2.45, 2.75) is 18.5 Å². The van der Waals surface area contributed by atoms with Gasteiger partial charge in [0.25, 0.3) is 0 Å². The molecule has 1 aromatic heterocycles. The lowest BCUT2D eigenvalue weighted by Gasteiger charge is -2.10. The molecule has 0 aliphatic carbocycles. The fraction of sp³-hybridized carbons (Fsp3) is 0.583. The van der Waals surface area contributed by atoms with E-state index in [1.165, 1.54) is 24.2 Å². The molecular weight excluding hydrogens is 314 g/mol. The van der Waals surface area contributed by atoms with Gasteiger partial charge in [0.05, 0.1) is 12.4 Å². The van der Waals surface area contributed by atoms with Crippen molar-refractivity contribution in [3.05, 3.63) is 11.8 Å². The maximum absolute atomic E-state index is 11.8. The smallest absolute Gasteiger partial charge is 0.343 e. The van der Waals surface area contributed by atoms with Crippen molar-refractivity contribution >= 4 is 33.4 Å². The number of esters is 1. The third-order valence-corrected chi connectivity index (χ3v) is 4.02. The molecule has 0 fully saturated rings. The van der Waals surface area contributed by atoms with Crippen LogP contribution in [-0.2, 0) is 14.6 Å². The average Bonchev–Trinajstić information content (AvgIpc) is 2.42. The van der Waals surface area contributed by atoms with Gasteiger partial charge in [-0.2, -0.15) is 0 Å². The van der Waals surface area contributed by atoms with E-state index >= 15 is 0 Å². The molecule has 1 aromatic rings. The molecule has 118 valence electrons. The van der Waals surface area contributed by atoms with Crippen LogP contribution in [0.4, 0.5) is 5.82 Å². The predicted molar refractivity (Wildman–Crippen MR) is 82.6 cm³/mol. The number of nitrogens with one attached hydrogen (secondary N) is 1. The third-order valence-electron chi connectivity index (χ3n) is 2.43. The molecule has 0 bridgehead atoms. The number of hydrogen-bond acceptors (Lipinski definition) is 8. The van der Waals surface area contributed by atoms with Crippen molar-refractivity contribution in [1.82, 2.24) is 9.97 Å². The zero-order valence-corrected chi connectivity index (χ0v) is 13.9. The molecule has 0 aromatic carbocycles. The zero-order valence-electron chi connectivity index (χ0n) is 12.2. The minimum atomic E-state index is -2.99. The van der Waals surface area contributed by atoms with Crippen LogP contribution in [0.5, 0.6) is 0 Å². The van der Waals surface area contributed by atoms with Crippen LogP contribution in [0.1, 0.15) is 23.7 Å². The summed E-state index contributed by atoms with van der Waals surface area (Å²) in [5, 5.41) is 3.49. The fourth-order valence-electron chi connectivity index (χ4n) is 1.50. The fourth-order valence-corrected chi connectivity index (χ4v) is 2.51. The number of ether oxygens (including phenoxy) is 1. The molecule has 0 saturated heterocycles. The molecule has 7 nitrogen and oxygen atoms in total. The Labute approximate surface area is 128 Å². The molecule has 0 spiro atoms. The number of anilines is 1. The van der Waals surface area contributed by atoms with Crippen molar-refractivity contribution in [3.8, 4) is 0 Å². The van der Waals surface area contributed by atoms with Crippen LogP contribution in [0, 0.1) is 0 Å². The Morgan fingerprint density at radius 1 is 1.48 bits per heavy atom. The third kappa shape index (κ3) is 6.30. The van der Waals surface area contributed by atoms with Gasteiger partial charge in [0.2, 0.25) is 0 Å². The summed E-state index contributed by atoms with van der Waals surface area (Å²) in [6.45, 7) is 2.37. The molecule has 0 aliphatic rings. The summed E-state index contributed by atoms with van der Waals surface area (Å²) < 4.78 is 27.1. The Morgan fingerprint density at radius 2 is 2.19 bits per heavy atom. The minimum Gasteiger partial charge on any atom is -0.462 e. The highest BCUT2D eigenvalue weighted by atomic mass is 32.2. The van der Waals surface area contributed by atoms with Gasteiger partial charge in [-0.3, -0.25) is 0 Å². The van der Waals surface area contributed by atoms with E-state index in [1.54, 1.807) is 6.92 Å². The van der Waals surface area contributed by atoms with Crippen molar-refractivity contribution in [3.63, 3.8) is 0 Å². The number of rotatable bonds is 8. The molecule has 1 rings (SSSR count). The van der Waals surface area contributed by atoms with Gasteiger partial charge in [0, 0.05) is 19.0 Å². The van der Waals surface area contributed by atoms with Crippen LogP contribution in [0.25, 0.3) is 0 Å². The lowest BCUT2D eigenvalue weighted by atomic mass is 10.3. The zero-order chi connectivity index (χ0) is 15.9. The number of carbonyl (C=O) groups is 1. The first-order valence-corrected chi connectivity index (χ1v) is 9.65. The summed E-state index contributed by atoms with van der Waals surface area (Å²) in [6, 6.07) is 0. The maximum atomic E-state index is 11.8. The summed E-state index contributed by atoms with van der Waals surface area (Å²) in [6.07, 6.45) is 4.86. The summed E-state index contributed by atoms with van der Waals surface area (Å²) in [4.78, 5) is 20.1. The molecule has 0 amide bonds. The molecule has 0 radical (unpaired) electrons. The lowest BCUT2D eigenvalue weighted by Crippen LogP contribution is -2.15. The lowest BCUT2D eigenvalue weighted by molar-refractivity contribution is 0.0526. The van der Waals surface area contributed by atoms with Gasteiger partial charge in [-0.1, -0.05) is 11.8 Å². The van der Waals surface area contributed by atoms with E-state index in [-0.39, 0.29) is 17.9 Å². The highest BCUT2D eigenvalue weighted by Crippen LogP contribution is 2.17. The van der Waals surface area contributed by atoms with Crippen LogP contribution in [0.2, 0.25) is 0 Å². The molecule has 1 heterocycles. The molecule has 0 atom stereocenters. The Balaban J connectivity index is 2.79. The molecule has 21 heavy (non-hydrogen) atoms. The standard InChI is InChI=1S/C12H19N3O4S2/c1-4-19-11(16)9-8-14-12(20-2)15-10(9)13-6-5-7-21(3,17)18/h8H,4-7H2,1-3H3,(H,13,14,15). The van der Waals surface area contributed by atoms with Gasteiger partial charge in [-0.25, -0.2) is 23.2 Å². The van der Waals surface area contributed by atoms with Crippen LogP contribution >= 0.6 is 11.8 Å². The van der Waals surface area contributed by atoms with Crippen molar-refractivity contribution in [2.75, 3.05) is 36.7 Å². The first-order valence-electron chi connectivity index (χ1n) is 6.37. The van der Waals surface area contributed by atoms with Crippen molar-refractivity contribution < 1.29 is 17.9 Å². The monoisotopic (exact) mass is 333 g/mol. The average molecular weight is 333 g/mol. The Morgan fingerprint density at radius 3 is 2.76 bits per heavy atom. The number of carbonyl (C=O) groups excluding carboxylic acids is 1. The van der Waals surface area contributed by atoms with Gasteiger partial charge in [0.15, 0.2) is 5.16 Å². The molecule has 0 saturated carbocycles. The molecular formula is C12H19N3O4S2. The SMILES string of the molecule is CCOC(=O)c1cnc(SC)nc1NCCCS(C)(=O)=O. The van der Waals surface area contributed by atoms with Gasteiger partial charge < -0.3 is 10.1 Å². The number of hydrogen-bond donors (Lipinski definition) is 1. The van der Waals surface area contributed by atoms with E-state index in [1.807, 2.05) is 6.26 Å².